The summed E-state index contributed by atoms with van der Waals surface area (Å²) in [4.78, 5) is 43.3. The van der Waals surface area contributed by atoms with Gasteiger partial charge in [0.05, 0.1) is 6.54 Å². The minimum Gasteiger partial charge on any atom is -0.475 e. The Morgan fingerprint density at radius 2 is 1.62 bits per heavy atom. The molecule has 0 heterocycles. The molecule has 0 unspecified atom stereocenters. The maximum absolute atomic E-state index is 12.1. The minimum absolute atomic E-state index is 0.137. The highest BCUT2D eigenvalue weighted by atomic mass is 19.4. The molecule has 5 N–H and O–H groups in total. The second-order valence-corrected chi connectivity index (χ2v) is 5.92. The molecule has 2 amide bonds. The van der Waals surface area contributed by atoms with Gasteiger partial charge in [-0.05, 0) is 30.2 Å². The highest BCUT2D eigenvalue weighted by molar-refractivity contribution is 5.89. The number of carboxylic acid groups (broad SMARTS) is 1. The molecule has 12 heteroatoms. The number of nitrogens with one attached hydrogen (secondary N) is 2. The number of amides is 2. The lowest BCUT2D eigenvalue weighted by molar-refractivity contribution is -0.192. The number of halogens is 3. The molecule has 29 heavy (non-hydrogen) atoms. The summed E-state index contributed by atoms with van der Waals surface area (Å²) in [5.74, 6) is -3.74. The van der Waals surface area contributed by atoms with Crippen molar-refractivity contribution in [2.24, 2.45) is 11.7 Å². The maximum Gasteiger partial charge on any atom is 0.490 e. The van der Waals surface area contributed by atoms with Gasteiger partial charge in [0, 0.05) is 12.6 Å². The molecule has 0 aliphatic carbocycles. The molecule has 1 aromatic rings. The van der Waals surface area contributed by atoms with E-state index in [1.54, 1.807) is 38.1 Å². The summed E-state index contributed by atoms with van der Waals surface area (Å²) >= 11 is 0. The summed E-state index contributed by atoms with van der Waals surface area (Å²) in [5, 5.41) is 12.3. The highest BCUT2D eigenvalue weighted by Gasteiger charge is 2.38. The van der Waals surface area contributed by atoms with Crippen molar-refractivity contribution in [1.82, 2.24) is 5.32 Å². The topological polar surface area (TPSA) is 148 Å². The fourth-order valence-electron chi connectivity index (χ4n) is 1.72. The van der Waals surface area contributed by atoms with Gasteiger partial charge < -0.3 is 26.2 Å². The van der Waals surface area contributed by atoms with Gasteiger partial charge in [-0.15, -0.1) is 0 Å². The predicted molar refractivity (Wildman–Crippen MR) is 95.9 cm³/mol. The van der Waals surface area contributed by atoms with Crippen molar-refractivity contribution in [3.05, 3.63) is 24.3 Å². The number of benzene rings is 1. The van der Waals surface area contributed by atoms with Gasteiger partial charge in [-0.2, -0.15) is 13.2 Å². The number of carboxylic acids is 1. The summed E-state index contributed by atoms with van der Waals surface area (Å²) < 4.78 is 37.0. The van der Waals surface area contributed by atoms with Gasteiger partial charge in [-0.1, -0.05) is 13.8 Å². The van der Waals surface area contributed by atoms with Crippen LogP contribution in [0.15, 0.2) is 24.3 Å². The van der Waals surface area contributed by atoms with Crippen LogP contribution in [0.3, 0.4) is 0 Å². The predicted octanol–water partition coefficient (Wildman–Crippen LogP) is 1.28. The van der Waals surface area contributed by atoms with Gasteiger partial charge >= 0.3 is 18.1 Å². The summed E-state index contributed by atoms with van der Waals surface area (Å²) in [6.07, 6.45) is -5.08. The molecule has 0 radical (unpaired) electrons. The molecule has 0 fully saturated rings. The number of carbonyl (C=O) groups excluding carboxylic acids is 3. The number of hydrogen-bond donors (Lipinski definition) is 4. The summed E-state index contributed by atoms with van der Waals surface area (Å²) in [5.41, 5.74) is 5.83. The fraction of sp³-hybridized carbons (Fsp3) is 0.412. The maximum atomic E-state index is 12.1. The molecule has 0 spiro atoms. The lowest BCUT2D eigenvalue weighted by Crippen LogP contribution is -2.48. The van der Waals surface area contributed by atoms with Gasteiger partial charge in [0.1, 0.15) is 11.8 Å². The zero-order valence-electron chi connectivity index (χ0n) is 15.9. The largest absolute Gasteiger partial charge is 0.490 e. The molecule has 0 saturated carbocycles. The van der Waals surface area contributed by atoms with E-state index in [1.807, 2.05) is 0 Å². The second kappa shape index (κ2) is 11.6. The Hall–Kier alpha value is -3.15. The molecular formula is C17H22F3N3O6. The Labute approximate surface area is 164 Å². The van der Waals surface area contributed by atoms with E-state index < -0.39 is 30.1 Å². The van der Waals surface area contributed by atoms with Crippen molar-refractivity contribution >= 4 is 29.4 Å². The monoisotopic (exact) mass is 421 g/mol. The molecule has 0 bridgehead atoms. The molecule has 0 aliphatic heterocycles. The Balaban J connectivity index is 0.000000956. The lowest BCUT2D eigenvalue weighted by Gasteiger charge is -2.20. The normalized spacial score (nSPS) is 11.6. The van der Waals surface area contributed by atoms with Crippen LogP contribution in [0.4, 0.5) is 18.9 Å². The van der Waals surface area contributed by atoms with Crippen molar-refractivity contribution in [3.63, 3.8) is 0 Å². The van der Waals surface area contributed by atoms with Crippen LogP contribution in [0.1, 0.15) is 20.8 Å². The Kier molecular flexibility index (Phi) is 10.4. The van der Waals surface area contributed by atoms with Crippen LogP contribution >= 0.6 is 0 Å². The number of hydrogen-bond acceptors (Lipinski definition) is 6. The zero-order valence-corrected chi connectivity index (χ0v) is 15.9. The Morgan fingerprint density at radius 1 is 1.14 bits per heavy atom. The van der Waals surface area contributed by atoms with E-state index in [0.717, 1.165) is 0 Å². The number of esters is 1. The van der Waals surface area contributed by atoms with Crippen molar-refractivity contribution in [3.8, 4) is 5.75 Å². The fourth-order valence-corrected chi connectivity index (χ4v) is 1.72. The smallest absolute Gasteiger partial charge is 0.475 e. The van der Waals surface area contributed by atoms with Gasteiger partial charge in [0.25, 0.3) is 0 Å². The Bertz CT molecular complexity index is 720. The number of nitrogens with two attached hydrogens (primary N) is 1. The van der Waals surface area contributed by atoms with Crippen LogP contribution < -0.4 is 21.1 Å². The summed E-state index contributed by atoms with van der Waals surface area (Å²) in [6.45, 7) is 4.80. The quantitative estimate of drug-likeness (QED) is 0.399. The number of alkyl halides is 3. The van der Waals surface area contributed by atoms with E-state index in [4.69, 9.17) is 20.4 Å². The van der Waals surface area contributed by atoms with E-state index in [-0.39, 0.29) is 18.4 Å². The van der Waals surface area contributed by atoms with Gasteiger partial charge in [-0.3, -0.25) is 9.59 Å². The van der Waals surface area contributed by atoms with Gasteiger partial charge in [-0.25, -0.2) is 9.59 Å². The van der Waals surface area contributed by atoms with E-state index in [2.05, 4.69) is 10.6 Å². The molecular weight excluding hydrogens is 399 g/mol. The van der Waals surface area contributed by atoms with Gasteiger partial charge in [0.2, 0.25) is 11.8 Å². The van der Waals surface area contributed by atoms with Crippen LogP contribution in [-0.2, 0) is 19.2 Å². The van der Waals surface area contributed by atoms with Crippen LogP contribution in [0, 0.1) is 5.92 Å². The van der Waals surface area contributed by atoms with Crippen LogP contribution in [0.5, 0.6) is 5.75 Å². The van der Waals surface area contributed by atoms with Crippen LogP contribution in [0.2, 0.25) is 0 Å². The molecule has 1 aromatic carbocycles. The highest BCUT2D eigenvalue weighted by Crippen LogP contribution is 2.17. The SMILES string of the molecule is CC(=O)Nc1ccc(OC(=O)[C@@H](NC(=O)CN)C(C)C)cc1.O=C(O)C(F)(F)F. The summed E-state index contributed by atoms with van der Waals surface area (Å²) in [7, 11) is 0. The number of ether oxygens (including phenoxy) is 1. The first-order chi connectivity index (χ1) is 13.3. The molecule has 0 saturated heterocycles. The first kappa shape index (κ1) is 25.9. The second-order valence-electron chi connectivity index (χ2n) is 5.92. The first-order valence-electron chi connectivity index (χ1n) is 8.16. The lowest BCUT2D eigenvalue weighted by atomic mass is 10.0. The van der Waals surface area contributed by atoms with Crippen LogP contribution in [0.25, 0.3) is 0 Å². The zero-order chi connectivity index (χ0) is 22.8. The Morgan fingerprint density at radius 3 is 1.97 bits per heavy atom. The van der Waals surface area contributed by atoms with Crippen molar-refractivity contribution in [2.45, 2.75) is 33.0 Å². The molecule has 1 atom stereocenters. The number of rotatable bonds is 6. The molecule has 1 rings (SSSR count). The molecule has 0 aromatic heterocycles. The van der Waals surface area contributed by atoms with E-state index in [1.165, 1.54) is 6.92 Å². The molecule has 9 nitrogen and oxygen atoms in total. The van der Waals surface area contributed by atoms with E-state index >= 15 is 0 Å². The molecule has 162 valence electrons. The molecule has 0 aliphatic rings. The van der Waals surface area contributed by atoms with Crippen molar-refractivity contribution in [1.29, 1.82) is 0 Å². The van der Waals surface area contributed by atoms with Gasteiger partial charge in [0.15, 0.2) is 0 Å². The third-order valence-corrected chi connectivity index (χ3v) is 3.06. The number of carbonyl (C=O) groups is 4. The van der Waals surface area contributed by atoms with Crippen LogP contribution in [-0.4, -0.2) is 47.6 Å². The van der Waals surface area contributed by atoms with Crippen molar-refractivity contribution in [2.75, 3.05) is 11.9 Å². The average molecular weight is 421 g/mol. The van der Waals surface area contributed by atoms with E-state index in [0.29, 0.717) is 11.4 Å². The minimum atomic E-state index is -5.08. The third kappa shape index (κ3) is 10.7. The summed E-state index contributed by atoms with van der Waals surface area (Å²) in [6, 6.07) is 5.59. The number of aliphatic carboxylic acids is 1. The van der Waals surface area contributed by atoms with E-state index in [9.17, 15) is 27.6 Å². The number of anilines is 1. The standard InChI is InChI=1S/C15H21N3O4.C2HF3O2/c1-9(2)14(18-13(20)8-16)15(21)22-12-6-4-11(5-7-12)17-10(3)19;3-2(4,5)1(6)7/h4-7,9,14H,8,16H2,1-3H3,(H,17,19)(H,18,20);(H,6,7)/t14-;/m0./s1. The first-order valence-corrected chi connectivity index (χ1v) is 8.16. The third-order valence-electron chi connectivity index (χ3n) is 3.06. The van der Waals surface area contributed by atoms with Crippen molar-refractivity contribution < 1.29 is 42.2 Å². The average Bonchev–Trinajstić information content (AvgIpc) is 2.59.